The number of rotatable bonds is 6. The molecule has 0 bridgehead atoms. The molecule has 0 aromatic heterocycles. The topological polar surface area (TPSA) is 67.9 Å². The molecule has 0 aliphatic carbocycles. The van der Waals surface area contributed by atoms with Gasteiger partial charge in [0.05, 0.1) is 25.4 Å². The quantitative estimate of drug-likeness (QED) is 0.777. The highest BCUT2D eigenvalue weighted by molar-refractivity contribution is 6.05. The van der Waals surface area contributed by atoms with Gasteiger partial charge in [0.1, 0.15) is 0 Å². The molecule has 0 atom stereocenters. The Hall–Kier alpha value is -2.70. The summed E-state index contributed by atoms with van der Waals surface area (Å²) in [6.45, 7) is 8.07. The molecule has 148 valence electrons. The van der Waals surface area contributed by atoms with E-state index in [-0.39, 0.29) is 11.9 Å². The smallest absolute Gasteiger partial charge is 0.338 e. The summed E-state index contributed by atoms with van der Waals surface area (Å²) in [6, 6.07) is 12.8. The zero-order valence-corrected chi connectivity index (χ0v) is 16.4. The molecule has 6 nitrogen and oxygen atoms in total. The van der Waals surface area contributed by atoms with Crippen LogP contribution in [0, 0.1) is 6.92 Å². The summed E-state index contributed by atoms with van der Waals surface area (Å²) < 4.78 is 10.4. The number of nitrogens with one attached hydrogen (secondary N) is 1. The van der Waals surface area contributed by atoms with Crippen LogP contribution < -0.4 is 5.32 Å². The zero-order chi connectivity index (χ0) is 19.9. The van der Waals surface area contributed by atoms with Crippen LogP contribution in [0.25, 0.3) is 0 Å². The molecule has 2 aromatic rings. The first-order valence-electron chi connectivity index (χ1n) is 9.55. The van der Waals surface area contributed by atoms with Crippen LogP contribution in [0.1, 0.15) is 38.8 Å². The number of benzene rings is 2. The molecule has 0 radical (unpaired) electrons. The van der Waals surface area contributed by atoms with Gasteiger partial charge in [-0.05, 0) is 55.3 Å². The van der Waals surface area contributed by atoms with E-state index in [4.69, 9.17) is 9.47 Å². The zero-order valence-electron chi connectivity index (χ0n) is 16.4. The number of ether oxygens (including phenoxy) is 2. The minimum atomic E-state index is -0.362. The van der Waals surface area contributed by atoms with Crippen LogP contribution in [0.2, 0.25) is 0 Å². The molecule has 3 rings (SSSR count). The third-order valence-electron chi connectivity index (χ3n) is 4.68. The van der Waals surface area contributed by atoms with Crippen molar-refractivity contribution in [1.82, 2.24) is 4.90 Å². The number of hydrogen-bond donors (Lipinski definition) is 1. The summed E-state index contributed by atoms with van der Waals surface area (Å²) in [5.41, 5.74) is 3.67. The van der Waals surface area contributed by atoms with Crippen molar-refractivity contribution in [2.24, 2.45) is 0 Å². The number of nitrogens with zero attached hydrogens (tertiary/aromatic N) is 1. The average molecular weight is 382 g/mol. The number of carbonyl (C=O) groups excluding carboxylic acids is 2. The summed E-state index contributed by atoms with van der Waals surface area (Å²) in [6.07, 6.45) is 0. The lowest BCUT2D eigenvalue weighted by Crippen LogP contribution is -2.35. The Labute approximate surface area is 165 Å². The van der Waals surface area contributed by atoms with E-state index in [9.17, 15) is 9.59 Å². The van der Waals surface area contributed by atoms with Crippen LogP contribution in [0.4, 0.5) is 5.69 Å². The summed E-state index contributed by atoms with van der Waals surface area (Å²) in [5, 5.41) is 2.93. The Morgan fingerprint density at radius 1 is 1.11 bits per heavy atom. The monoisotopic (exact) mass is 382 g/mol. The number of carbonyl (C=O) groups is 2. The lowest BCUT2D eigenvalue weighted by Gasteiger charge is -2.26. The van der Waals surface area contributed by atoms with E-state index in [1.807, 2.05) is 25.1 Å². The maximum absolute atomic E-state index is 12.7. The average Bonchev–Trinajstić information content (AvgIpc) is 2.70. The van der Waals surface area contributed by atoms with Crippen LogP contribution in [-0.4, -0.2) is 49.7 Å². The van der Waals surface area contributed by atoms with Gasteiger partial charge < -0.3 is 14.8 Å². The summed E-state index contributed by atoms with van der Waals surface area (Å²) >= 11 is 0. The predicted molar refractivity (Wildman–Crippen MR) is 108 cm³/mol. The number of morpholine rings is 1. The Morgan fingerprint density at radius 2 is 1.89 bits per heavy atom. The van der Waals surface area contributed by atoms with Crippen LogP contribution in [0.5, 0.6) is 0 Å². The van der Waals surface area contributed by atoms with Crippen molar-refractivity contribution in [2.45, 2.75) is 20.4 Å². The highest BCUT2D eigenvalue weighted by atomic mass is 16.5. The first-order valence-corrected chi connectivity index (χ1v) is 9.55. The molecule has 1 heterocycles. The van der Waals surface area contributed by atoms with Crippen molar-refractivity contribution < 1.29 is 19.1 Å². The fraction of sp³-hybridized carbons (Fsp3) is 0.364. The van der Waals surface area contributed by atoms with Gasteiger partial charge in [-0.25, -0.2) is 4.79 Å². The number of hydrogen-bond acceptors (Lipinski definition) is 5. The van der Waals surface area contributed by atoms with Gasteiger partial charge in [0.2, 0.25) is 0 Å². The van der Waals surface area contributed by atoms with Crippen molar-refractivity contribution in [3.63, 3.8) is 0 Å². The maximum Gasteiger partial charge on any atom is 0.338 e. The van der Waals surface area contributed by atoms with Crippen molar-refractivity contribution in [2.75, 3.05) is 38.2 Å². The number of esters is 1. The second-order valence-corrected chi connectivity index (χ2v) is 6.79. The van der Waals surface area contributed by atoms with Crippen molar-refractivity contribution in [3.8, 4) is 0 Å². The molecule has 1 aliphatic rings. The van der Waals surface area contributed by atoms with E-state index >= 15 is 0 Å². The molecule has 0 unspecified atom stereocenters. The molecule has 0 saturated carbocycles. The highest BCUT2D eigenvalue weighted by Crippen LogP contribution is 2.19. The van der Waals surface area contributed by atoms with E-state index in [0.717, 1.165) is 44.0 Å². The predicted octanol–water partition coefficient (Wildman–Crippen LogP) is 3.26. The Bertz CT molecular complexity index is 844. The molecule has 1 saturated heterocycles. The van der Waals surface area contributed by atoms with Crippen molar-refractivity contribution in [1.29, 1.82) is 0 Å². The molecule has 0 spiro atoms. The molecule has 1 N–H and O–H groups in total. The van der Waals surface area contributed by atoms with Gasteiger partial charge in [-0.2, -0.15) is 0 Å². The van der Waals surface area contributed by atoms with Gasteiger partial charge in [0, 0.05) is 30.9 Å². The van der Waals surface area contributed by atoms with Crippen LogP contribution in [-0.2, 0) is 16.0 Å². The van der Waals surface area contributed by atoms with Crippen molar-refractivity contribution >= 4 is 17.6 Å². The van der Waals surface area contributed by atoms with Gasteiger partial charge in [-0.1, -0.05) is 12.1 Å². The molecule has 28 heavy (non-hydrogen) atoms. The molecular weight excluding hydrogens is 356 g/mol. The standard InChI is InChI=1S/C22H26N2O4/c1-3-28-22(26)19-7-8-20(16(2)13-19)23-21(25)18-6-4-5-17(14-18)15-24-9-11-27-12-10-24/h4-8,13-14H,3,9-12,15H2,1-2H3,(H,23,25). The first-order chi connectivity index (χ1) is 13.6. The lowest BCUT2D eigenvalue weighted by molar-refractivity contribution is 0.0342. The van der Waals surface area contributed by atoms with E-state index in [2.05, 4.69) is 10.2 Å². The minimum absolute atomic E-state index is 0.171. The molecule has 6 heteroatoms. The highest BCUT2D eigenvalue weighted by Gasteiger charge is 2.14. The van der Waals surface area contributed by atoms with Gasteiger partial charge in [0.25, 0.3) is 5.91 Å². The van der Waals surface area contributed by atoms with E-state index in [0.29, 0.717) is 23.4 Å². The Kier molecular flexibility index (Phi) is 6.79. The molecule has 1 aliphatic heterocycles. The third kappa shape index (κ3) is 5.18. The Balaban J connectivity index is 1.67. The van der Waals surface area contributed by atoms with Gasteiger partial charge >= 0.3 is 5.97 Å². The number of aryl methyl sites for hydroxylation is 1. The first kappa shape index (κ1) is 20.0. The lowest BCUT2D eigenvalue weighted by atomic mass is 10.1. The van der Waals surface area contributed by atoms with Gasteiger partial charge in [-0.3, -0.25) is 9.69 Å². The van der Waals surface area contributed by atoms with E-state index in [1.54, 1.807) is 31.2 Å². The van der Waals surface area contributed by atoms with Crippen molar-refractivity contribution in [3.05, 3.63) is 64.7 Å². The second kappa shape index (κ2) is 9.48. The summed E-state index contributed by atoms with van der Waals surface area (Å²) in [5.74, 6) is -0.532. The SMILES string of the molecule is CCOC(=O)c1ccc(NC(=O)c2cccc(CN3CCOCC3)c2)c(C)c1. The fourth-order valence-corrected chi connectivity index (χ4v) is 3.17. The van der Waals surface area contributed by atoms with E-state index < -0.39 is 0 Å². The molecule has 1 amide bonds. The van der Waals surface area contributed by atoms with Gasteiger partial charge in [0.15, 0.2) is 0 Å². The summed E-state index contributed by atoms with van der Waals surface area (Å²) in [7, 11) is 0. The maximum atomic E-state index is 12.7. The third-order valence-corrected chi connectivity index (χ3v) is 4.68. The minimum Gasteiger partial charge on any atom is -0.462 e. The van der Waals surface area contributed by atoms with Gasteiger partial charge in [-0.15, -0.1) is 0 Å². The largest absolute Gasteiger partial charge is 0.462 e. The molecule has 1 fully saturated rings. The van der Waals surface area contributed by atoms with Crippen LogP contribution in [0.3, 0.4) is 0 Å². The number of amides is 1. The Morgan fingerprint density at radius 3 is 2.61 bits per heavy atom. The fourth-order valence-electron chi connectivity index (χ4n) is 3.17. The molecular formula is C22H26N2O4. The van der Waals surface area contributed by atoms with E-state index in [1.165, 1.54) is 0 Å². The summed E-state index contributed by atoms with van der Waals surface area (Å²) in [4.78, 5) is 26.8. The second-order valence-electron chi connectivity index (χ2n) is 6.79. The molecule has 2 aromatic carbocycles. The number of anilines is 1. The van der Waals surface area contributed by atoms with Crippen LogP contribution in [0.15, 0.2) is 42.5 Å². The normalized spacial score (nSPS) is 14.5. The van der Waals surface area contributed by atoms with Crippen LogP contribution >= 0.6 is 0 Å².